The number of nitrogens with one attached hydrogen (secondary N) is 1. The van der Waals surface area contributed by atoms with Gasteiger partial charge in [0.25, 0.3) is 0 Å². The number of para-hydroxylation sites is 1. The number of halogens is 1. The summed E-state index contributed by atoms with van der Waals surface area (Å²) in [5.74, 6) is 0.939. The van der Waals surface area contributed by atoms with Crippen LogP contribution in [0.15, 0.2) is 47.6 Å². The second-order valence-corrected chi connectivity index (χ2v) is 7.13. The van der Waals surface area contributed by atoms with E-state index in [4.69, 9.17) is 16.3 Å². The molecule has 0 spiro atoms. The fraction of sp³-hybridized carbons (Fsp3) is 0.222. The van der Waals surface area contributed by atoms with Gasteiger partial charge in [-0.2, -0.15) is 4.68 Å². The van der Waals surface area contributed by atoms with Crippen LogP contribution in [0.25, 0.3) is 5.69 Å². The molecular formula is C18H18ClN5O2S. The van der Waals surface area contributed by atoms with Crippen LogP contribution in [0.3, 0.4) is 0 Å². The van der Waals surface area contributed by atoms with Gasteiger partial charge in [0, 0.05) is 23.3 Å². The van der Waals surface area contributed by atoms with Crippen molar-refractivity contribution in [2.24, 2.45) is 0 Å². The van der Waals surface area contributed by atoms with Crippen molar-refractivity contribution in [1.82, 2.24) is 20.2 Å². The maximum atomic E-state index is 12.3. The maximum Gasteiger partial charge on any atom is 0.225 e. The third-order valence-corrected chi connectivity index (χ3v) is 5.09. The maximum absolute atomic E-state index is 12.3. The van der Waals surface area contributed by atoms with E-state index in [0.29, 0.717) is 33.8 Å². The number of benzene rings is 2. The summed E-state index contributed by atoms with van der Waals surface area (Å²) in [7, 11) is 1.54. The summed E-state index contributed by atoms with van der Waals surface area (Å²) < 4.78 is 6.92. The van der Waals surface area contributed by atoms with Crippen LogP contribution in [-0.2, 0) is 4.79 Å². The lowest BCUT2D eigenvalue weighted by Gasteiger charge is -2.12. The van der Waals surface area contributed by atoms with Crippen molar-refractivity contribution < 1.29 is 9.53 Å². The molecule has 1 N–H and O–H groups in total. The van der Waals surface area contributed by atoms with Crippen molar-refractivity contribution >= 4 is 35.0 Å². The summed E-state index contributed by atoms with van der Waals surface area (Å²) in [5, 5.41) is 15.8. The van der Waals surface area contributed by atoms with E-state index in [9.17, 15) is 4.79 Å². The third kappa shape index (κ3) is 4.78. The first kappa shape index (κ1) is 19.2. The number of amides is 1. The van der Waals surface area contributed by atoms with Gasteiger partial charge in [0.2, 0.25) is 11.1 Å². The zero-order valence-electron chi connectivity index (χ0n) is 14.8. The number of tetrazole rings is 1. The van der Waals surface area contributed by atoms with Gasteiger partial charge >= 0.3 is 0 Å². The quantitative estimate of drug-likeness (QED) is 0.605. The Kier molecular flexibility index (Phi) is 6.31. The Labute approximate surface area is 166 Å². The lowest BCUT2D eigenvalue weighted by molar-refractivity contribution is -0.115. The summed E-state index contributed by atoms with van der Waals surface area (Å²) in [4.78, 5) is 12.3. The topological polar surface area (TPSA) is 81.9 Å². The van der Waals surface area contributed by atoms with E-state index < -0.39 is 0 Å². The molecule has 0 bridgehead atoms. The number of methoxy groups -OCH3 is 1. The first-order valence-electron chi connectivity index (χ1n) is 8.19. The Morgan fingerprint density at radius 1 is 1.30 bits per heavy atom. The molecule has 1 aromatic heterocycles. The van der Waals surface area contributed by atoms with E-state index in [0.717, 1.165) is 11.3 Å². The Bertz CT molecular complexity index is 933. The van der Waals surface area contributed by atoms with Crippen molar-refractivity contribution in [3.05, 3.63) is 53.1 Å². The van der Waals surface area contributed by atoms with Crippen molar-refractivity contribution in [1.29, 1.82) is 0 Å². The molecule has 0 aliphatic heterocycles. The summed E-state index contributed by atoms with van der Waals surface area (Å²) in [5.41, 5.74) is 2.34. The Balaban J connectivity index is 1.59. The standard InChI is InChI=1S/C18H18ClN5O2S/c1-12-10-15(16(26-2)11-14(12)19)20-17(25)8-9-27-18-21-22-23-24(18)13-6-4-3-5-7-13/h3-7,10-11H,8-9H2,1-2H3,(H,20,25). The molecule has 0 saturated carbocycles. The first-order valence-corrected chi connectivity index (χ1v) is 9.55. The normalized spacial score (nSPS) is 10.6. The molecule has 140 valence electrons. The molecule has 7 nitrogen and oxygen atoms in total. The molecule has 0 aliphatic carbocycles. The van der Waals surface area contributed by atoms with E-state index in [-0.39, 0.29) is 5.91 Å². The van der Waals surface area contributed by atoms with Crippen LogP contribution in [0.4, 0.5) is 5.69 Å². The van der Waals surface area contributed by atoms with Crippen LogP contribution in [0.2, 0.25) is 5.02 Å². The molecule has 3 aromatic rings. The SMILES string of the molecule is COc1cc(Cl)c(C)cc1NC(=O)CCSc1nnnn1-c1ccccc1. The number of carbonyl (C=O) groups excluding carboxylic acids is 1. The van der Waals surface area contributed by atoms with E-state index in [2.05, 4.69) is 20.8 Å². The molecule has 0 atom stereocenters. The number of hydrogen-bond acceptors (Lipinski definition) is 6. The highest BCUT2D eigenvalue weighted by atomic mass is 35.5. The first-order chi connectivity index (χ1) is 13.1. The number of aromatic nitrogens is 4. The second kappa shape index (κ2) is 8.88. The number of nitrogens with zero attached hydrogens (tertiary/aromatic N) is 4. The molecule has 2 aromatic carbocycles. The average Bonchev–Trinajstić information content (AvgIpc) is 3.13. The van der Waals surface area contributed by atoms with Gasteiger partial charge in [-0.3, -0.25) is 4.79 Å². The molecule has 0 radical (unpaired) electrons. The zero-order valence-corrected chi connectivity index (χ0v) is 16.4. The summed E-state index contributed by atoms with van der Waals surface area (Å²) in [6, 6.07) is 13.1. The molecule has 1 heterocycles. The van der Waals surface area contributed by atoms with Crippen molar-refractivity contribution in [2.75, 3.05) is 18.2 Å². The van der Waals surface area contributed by atoms with Gasteiger partial charge in [-0.1, -0.05) is 41.6 Å². The van der Waals surface area contributed by atoms with Crippen LogP contribution in [-0.4, -0.2) is 39.0 Å². The summed E-state index contributed by atoms with van der Waals surface area (Å²) >= 11 is 7.51. The lowest BCUT2D eigenvalue weighted by atomic mass is 10.2. The largest absolute Gasteiger partial charge is 0.495 e. The molecular weight excluding hydrogens is 386 g/mol. The highest BCUT2D eigenvalue weighted by molar-refractivity contribution is 7.99. The number of aryl methyl sites for hydroxylation is 1. The minimum absolute atomic E-state index is 0.124. The summed E-state index contributed by atoms with van der Waals surface area (Å²) in [6.07, 6.45) is 0.303. The van der Waals surface area contributed by atoms with Crippen molar-refractivity contribution in [3.8, 4) is 11.4 Å². The van der Waals surface area contributed by atoms with Gasteiger partial charge in [-0.25, -0.2) is 0 Å². The Hall–Kier alpha value is -2.58. The van der Waals surface area contributed by atoms with Crippen LogP contribution in [0, 0.1) is 6.92 Å². The number of anilines is 1. The van der Waals surface area contributed by atoms with Crippen LogP contribution in [0.1, 0.15) is 12.0 Å². The van der Waals surface area contributed by atoms with E-state index in [1.165, 1.54) is 18.9 Å². The van der Waals surface area contributed by atoms with E-state index >= 15 is 0 Å². The minimum atomic E-state index is -0.124. The fourth-order valence-electron chi connectivity index (χ4n) is 2.38. The van der Waals surface area contributed by atoms with Gasteiger partial charge in [-0.15, -0.1) is 5.10 Å². The number of rotatable bonds is 7. The molecule has 3 rings (SSSR count). The molecule has 0 saturated heterocycles. The monoisotopic (exact) mass is 403 g/mol. The number of hydrogen-bond donors (Lipinski definition) is 1. The molecule has 9 heteroatoms. The van der Waals surface area contributed by atoms with Crippen LogP contribution in [0.5, 0.6) is 5.75 Å². The predicted molar refractivity (Wildman–Crippen MR) is 106 cm³/mol. The van der Waals surface area contributed by atoms with Crippen molar-refractivity contribution in [3.63, 3.8) is 0 Å². The van der Waals surface area contributed by atoms with E-state index in [1.54, 1.807) is 16.8 Å². The van der Waals surface area contributed by atoms with Crippen LogP contribution >= 0.6 is 23.4 Å². The Morgan fingerprint density at radius 2 is 2.07 bits per heavy atom. The number of thioether (sulfide) groups is 1. The Morgan fingerprint density at radius 3 is 2.81 bits per heavy atom. The number of carbonyl (C=O) groups is 1. The predicted octanol–water partition coefficient (Wildman–Crippen LogP) is 3.75. The average molecular weight is 404 g/mol. The molecule has 27 heavy (non-hydrogen) atoms. The minimum Gasteiger partial charge on any atom is -0.495 e. The van der Waals surface area contributed by atoms with E-state index in [1.807, 2.05) is 37.3 Å². The van der Waals surface area contributed by atoms with Gasteiger partial charge in [0.05, 0.1) is 18.5 Å². The van der Waals surface area contributed by atoms with Gasteiger partial charge < -0.3 is 10.1 Å². The molecule has 0 fully saturated rings. The fourth-order valence-corrected chi connectivity index (χ4v) is 3.36. The molecule has 1 amide bonds. The second-order valence-electron chi connectivity index (χ2n) is 5.66. The highest BCUT2D eigenvalue weighted by Crippen LogP contribution is 2.31. The highest BCUT2D eigenvalue weighted by Gasteiger charge is 2.12. The smallest absolute Gasteiger partial charge is 0.225 e. The zero-order chi connectivity index (χ0) is 19.2. The van der Waals surface area contributed by atoms with Crippen LogP contribution < -0.4 is 10.1 Å². The lowest BCUT2D eigenvalue weighted by Crippen LogP contribution is -2.13. The van der Waals surface area contributed by atoms with Gasteiger partial charge in [-0.05, 0) is 41.1 Å². The number of ether oxygens (including phenoxy) is 1. The van der Waals surface area contributed by atoms with Gasteiger partial charge in [0.15, 0.2) is 0 Å². The third-order valence-electron chi connectivity index (χ3n) is 3.76. The molecule has 0 unspecified atom stereocenters. The van der Waals surface area contributed by atoms with Gasteiger partial charge in [0.1, 0.15) is 5.75 Å². The summed E-state index contributed by atoms with van der Waals surface area (Å²) in [6.45, 7) is 1.87. The van der Waals surface area contributed by atoms with Crippen molar-refractivity contribution in [2.45, 2.75) is 18.5 Å². The molecule has 0 aliphatic rings.